The van der Waals surface area contributed by atoms with Crippen LogP contribution in [0, 0.1) is 0 Å². The number of rotatable bonds is 7. The van der Waals surface area contributed by atoms with Gasteiger partial charge >= 0.3 is 12.1 Å². The summed E-state index contributed by atoms with van der Waals surface area (Å²) in [6.07, 6.45) is -4.73. The summed E-state index contributed by atoms with van der Waals surface area (Å²) in [6, 6.07) is 5.35. The van der Waals surface area contributed by atoms with Crippen LogP contribution in [0.5, 0.6) is 11.5 Å². The number of halogens is 3. The summed E-state index contributed by atoms with van der Waals surface area (Å²) in [5, 5.41) is 13.5. The predicted octanol–water partition coefficient (Wildman–Crippen LogP) is 2.75. The molecular formula is C15H15F3N4O4. The Morgan fingerprint density at radius 3 is 2.42 bits per heavy atom. The molecule has 0 aliphatic rings. The molecule has 140 valence electrons. The number of carbonyl (C=O) groups is 1. The quantitative estimate of drug-likeness (QED) is 0.681. The Morgan fingerprint density at radius 2 is 1.85 bits per heavy atom. The van der Waals surface area contributed by atoms with Crippen LogP contribution in [0.4, 0.5) is 30.6 Å². The van der Waals surface area contributed by atoms with Gasteiger partial charge in [-0.2, -0.15) is 18.2 Å². The number of hydrogen-bond donors (Lipinski definition) is 3. The highest BCUT2D eigenvalue weighted by molar-refractivity contribution is 5.72. The Kier molecular flexibility index (Phi) is 5.70. The third kappa shape index (κ3) is 4.88. The van der Waals surface area contributed by atoms with Gasteiger partial charge in [-0.05, 0) is 12.1 Å². The van der Waals surface area contributed by atoms with Crippen molar-refractivity contribution in [1.29, 1.82) is 0 Å². The Morgan fingerprint density at radius 1 is 1.15 bits per heavy atom. The predicted molar refractivity (Wildman–Crippen MR) is 86.0 cm³/mol. The molecule has 0 amide bonds. The van der Waals surface area contributed by atoms with Gasteiger partial charge in [0.1, 0.15) is 12.4 Å². The number of benzene rings is 1. The molecule has 0 fully saturated rings. The van der Waals surface area contributed by atoms with Crippen molar-refractivity contribution in [2.75, 3.05) is 31.4 Å². The number of anilines is 3. The molecule has 0 saturated heterocycles. The maximum Gasteiger partial charge on any atom is 0.433 e. The molecule has 0 spiro atoms. The standard InChI is InChI=1S/C15H15F3N4O4/c1-25-9-4-3-8(5-10(9)26-2)20-12-6-11(15(16,17)18)21-14(22-12)19-7-13(23)24/h3-6H,7H2,1-2H3,(H,23,24)(H2,19,20,21,22). The summed E-state index contributed by atoms with van der Waals surface area (Å²) in [5.41, 5.74) is -0.831. The highest BCUT2D eigenvalue weighted by Crippen LogP contribution is 2.33. The van der Waals surface area contributed by atoms with Crippen molar-refractivity contribution in [2.45, 2.75) is 6.18 Å². The fraction of sp³-hybridized carbons (Fsp3) is 0.267. The fourth-order valence-corrected chi connectivity index (χ4v) is 1.95. The average Bonchev–Trinajstić information content (AvgIpc) is 2.59. The molecule has 2 rings (SSSR count). The molecule has 1 heterocycles. The summed E-state index contributed by atoms with van der Waals surface area (Å²) >= 11 is 0. The third-order valence-electron chi connectivity index (χ3n) is 3.07. The molecule has 0 aliphatic carbocycles. The molecule has 11 heteroatoms. The first-order chi connectivity index (χ1) is 12.2. The van der Waals surface area contributed by atoms with E-state index in [1.807, 2.05) is 0 Å². The molecule has 1 aromatic heterocycles. The minimum atomic E-state index is -4.73. The van der Waals surface area contributed by atoms with Gasteiger partial charge in [-0.3, -0.25) is 4.79 Å². The highest BCUT2D eigenvalue weighted by atomic mass is 19.4. The van der Waals surface area contributed by atoms with Crippen molar-refractivity contribution < 1.29 is 32.5 Å². The minimum Gasteiger partial charge on any atom is -0.493 e. The van der Waals surface area contributed by atoms with Crippen LogP contribution in [0.25, 0.3) is 0 Å². The largest absolute Gasteiger partial charge is 0.493 e. The van der Waals surface area contributed by atoms with Crippen molar-refractivity contribution in [2.24, 2.45) is 0 Å². The topological polar surface area (TPSA) is 106 Å². The number of aromatic nitrogens is 2. The van der Waals surface area contributed by atoms with Gasteiger partial charge in [0.25, 0.3) is 0 Å². The number of ether oxygens (including phenoxy) is 2. The van der Waals surface area contributed by atoms with E-state index >= 15 is 0 Å². The van der Waals surface area contributed by atoms with Crippen molar-refractivity contribution >= 4 is 23.4 Å². The Labute approximate surface area is 146 Å². The van der Waals surface area contributed by atoms with Gasteiger partial charge < -0.3 is 25.2 Å². The second kappa shape index (κ2) is 7.76. The molecule has 0 atom stereocenters. The Balaban J connectivity index is 2.35. The summed E-state index contributed by atoms with van der Waals surface area (Å²) < 4.78 is 49.2. The van der Waals surface area contributed by atoms with Crippen molar-refractivity contribution in [3.8, 4) is 11.5 Å². The maximum atomic E-state index is 13.0. The summed E-state index contributed by atoms with van der Waals surface area (Å²) in [7, 11) is 2.87. The van der Waals surface area contributed by atoms with Gasteiger partial charge in [0.05, 0.1) is 14.2 Å². The molecule has 26 heavy (non-hydrogen) atoms. The van der Waals surface area contributed by atoms with Crippen LogP contribution >= 0.6 is 0 Å². The van der Waals surface area contributed by atoms with Crippen LogP contribution in [0.2, 0.25) is 0 Å². The van der Waals surface area contributed by atoms with Crippen LogP contribution < -0.4 is 20.1 Å². The lowest BCUT2D eigenvalue weighted by atomic mass is 10.2. The molecule has 0 radical (unpaired) electrons. The van der Waals surface area contributed by atoms with E-state index in [9.17, 15) is 18.0 Å². The number of carboxylic acids is 1. The lowest BCUT2D eigenvalue weighted by Gasteiger charge is -2.13. The number of alkyl halides is 3. The van der Waals surface area contributed by atoms with E-state index in [1.165, 1.54) is 20.3 Å². The van der Waals surface area contributed by atoms with E-state index in [0.29, 0.717) is 23.3 Å². The third-order valence-corrected chi connectivity index (χ3v) is 3.07. The van der Waals surface area contributed by atoms with E-state index in [0.717, 1.165) is 0 Å². The molecule has 0 unspecified atom stereocenters. The smallest absolute Gasteiger partial charge is 0.433 e. The average molecular weight is 372 g/mol. The van der Waals surface area contributed by atoms with Crippen molar-refractivity contribution in [1.82, 2.24) is 9.97 Å². The Bertz CT molecular complexity index is 799. The van der Waals surface area contributed by atoms with E-state index in [4.69, 9.17) is 14.6 Å². The lowest BCUT2D eigenvalue weighted by molar-refractivity contribution is -0.141. The monoisotopic (exact) mass is 372 g/mol. The maximum absolute atomic E-state index is 13.0. The van der Waals surface area contributed by atoms with E-state index < -0.39 is 30.3 Å². The number of hydrogen-bond acceptors (Lipinski definition) is 7. The number of carboxylic acid groups (broad SMARTS) is 1. The normalized spacial score (nSPS) is 11.0. The first kappa shape index (κ1) is 19.1. The van der Waals surface area contributed by atoms with Gasteiger partial charge in [0.2, 0.25) is 5.95 Å². The number of nitrogens with zero attached hydrogens (tertiary/aromatic N) is 2. The second-order valence-electron chi connectivity index (χ2n) is 4.90. The van der Waals surface area contributed by atoms with Crippen LogP contribution in [-0.2, 0) is 11.0 Å². The van der Waals surface area contributed by atoms with Gasteiger partial charge in [-0.15, -0.1) is 0 Å². The van der Waals surface area contributed by atoms with Gasteiger partial charge in [-0.1, -0.05) is 0 Å². The minimum absolute atomic E-state index is 0.174. The van der Waals surface area contributed by atoms with Gasteiger partial charge in [-0.25, -0.2) is 4.98 Å². The second-order valence-corrected chi connectivity index (χ2v) is 4.90. The summed E-state index contributed by atoms with van der Waals surface area (Å²) in [6.45, 7) is -0.628. The van der Waals surface area contributed by atoms with Crippen molar-refractivity contribution in [3.63, 3.8) is 0 Å². The molecule has 1 aromatic carbocycles. The summed E-state index contributed by atoms with van der Waals surface area (Å²) in [4.78, 5) is 17.7. The zero-order valence-corrected chi connectivity index (χ0v) is 13.7. The number of methoxy groups -OCH3 is 2. The van der Waals surface area contributed by atoms with Crippen LogP contribution in [-0.4, -0.2) is 41.8 Å². The molecule has 0 bridgehead atoms. The number of aliphatic carboxylic acids is 1. The molecule has 0 aliphatic heterocycles. The molecule has 8 nitrogen and oxygen atoms in total. The van der Waals surface area contributed by atoms with Gasteiger partial charge in [0.15, 0.2) is 17.2 Å². The van der Waals surface area contributed by atoms with Crippen LogP contribution in [0.15, 0.2) is 24.3 Å². The molecule has 0 saturated carbocycles. The van der Waals surface area contributed by atoms with E-state index in [2.05, 4.69) is 20.6 Å². The summed E-state index contributed by atoms with van der Waals surface area (Å²) in [5.74, 6) is -1.09. The highest BCUT2D eigenvalue weighted by Gasteiger charge is 2.33. The zero-order chi connectivity index (χ0) is 19.3. The van der Waals surface area contributed by atoms with Gasteiger partial charge in [0, 0.05) is 17.8 Å². The lowest BCUT2D eigenvalue weighted by Crippen LogP contribution is -2.17. The molecule has 2 aromatic rings. The van der Waals surface area contributed by atoms with Crippen LogP contribution in [0.3, 0.4) is 0 Å². The SMILES string of the molecule is COc1ccc(Nc2cc(C(F)(F)F)nc(NCC(=O)O)n2)cc1OC. The molecular weight excluding hydrogens is 357 g/mol. The van der Waals surface area contributed by atoms with E-state index in [1.54, 1.807) is 12.1 Å². The van der Waals surface area contributed by atoms with Crippen LogP contribution in [0.1, 0.15) is 5.69 Å². The first-order valence-electron chi connectivity index (χ1n) is 7.14. The van der Waals surface area contributed by atoms with Crippen molar-refractivity contribution in [3.05, 3.63) is 30.0 Å². The zero-order valence-electron chi connectivity index (χ0n) is 13.7. The Hall–Kier alpha value is -3.24. The first-order valence-corrected chi connectivity index (χ1v) is 7.14. The fourth-order valence-electron chi connectivity index (χ4n) is 1.95. The van der Waals surface area contributed by atoms with E-state index in [-0.39, 0.29) is 5.82 Å². The molecule has 3 N–H and O–H groups in total. The number of nitrogens with one attached hydrogen (secondary N) is 2.